The zero-order valence-electron chi connectivity index (χ0n) is 19.0. The van der Waals surface area contributed by atoms with Gasteiger partial charge in [-0.05, 0) is 73.4 Å². The van der Waals surface area contributed by atoms with E-state index in [1.54, 1.807) is 24.3 Å². The van der Waals surface area contributed by atoms with Gasteiger partial charge in [-0.1, -0.05) is 36.4 Å². The van der Waals surface area contributed by atoms with E-state index in [1.165, 1.54) is 18.9 Å². The molecule has 7 nitrogen and oxygen atoms in total. The van der Waals surface area contributed by atoms with Crippen LogP contribution in [-0.2, 0) is 4.79 Å². The molecule has 0 aliphatic carbocycles. The number of carbonyl (C=O) groups excluding carboxylic acids is 2. The summed E-state index contributed by atoms with van der Waals surface area (Å²) >= 11 is 0. The van der Waals surface area contributed by atoms with Gasteiger partial charge in [-0.25, -0.2) is 9.59 Å². The number of nitrogens with zero attached hydrogens (tertiary/aromatic N) is 1. The lowest BCUT2D eigenvalue weighted by Crippen LogP contribution is -2.40. The predicted octanol–water partition coefficient (Wildman–Crippen LogP) is 5.16. The average Bonchev–Trinajstić information content (AvgIpc) is 2.81. The zero-order chi connectivity index (χ0) is 24.1. The van der Waals surface area contributed by atoms with Gasteiger partial charge in [-0.3, -0.25) is 4.79 Å². The van der Waals surface area contributed by atoms with Gasteiger partial charge in [0, 0.05) is 24.0 Å². The molecule has 3 aromatic rings. The lowest BCUT2D eigenvalue weighted by Gasteiger charge is -2.21. The molecule has 3 rings (SSSR count). The summed E-state index contributed by atoms with van der Waals surface area (Å²) in [5.74, 6) is -1.41. The van der Waals surface area contributed by atoms with Gasteiger partial charge in [0.15, 0.2) is 0 Å². The van der Waals surface area contributed by atoms with Crippen molar-refractivity contribution >= 4 is 29.3 Å². The second kappa shape index (κ2) is 9.99. The van der Waals surface area contributed by atoms with E-state index in [0.717, 1.165) is 27.9 Å². The summed E-state index contributed by atoms with van der Waals surface area (Å²) in [7, 11) is 1.47. The molecule has 0 saturated carbocycles. The fraction of sp³-hybridized carbons (Fsp3) is 0.192. The monoisotopic (exact) mass is 445 g/mol. The van der Waals surface area contributed by atoms with Gasteiger partial charge in [0.05, 0.1) is 0 Å². The van der Waals surface area contributed by atoms with Crippen molar-refractivity contribution in [3.05, 3.63) is 83.4 Å². The lowest BCUT2D eigenvalue weighted by molar-refractivity contribution is -0.141. The highest BCUT2D eigenvalue weighted by atomic mass is 16.4. The second-order valence-corrected chi connectivity index (χ2v) is 7.91. The maximum Gasteiger partial charge on any atom is 0.326 e. The number of carboxylic acid groups (broad SMARTS) is 1. The predicted molar refractivity (Wildman–Crippen MR) is 130 cm³/mol. The van der Waals surface area contributed by atoms with Crippen LogP contribution in [0.3, 0.4) is 0 Å². The standard InChI is InChI=1S/C26H27N3O4/c1-16-6-5-7-23(17(16)2)28-26(33)27-22-14-12-20(13-15-22)19-8-10-21(11-9-19)24(30)29(4)18(3)25(31)32/h5-15,18H,1-4H3,(H,31,32)(H2,27,28,33)/t18-/m0/s1. The molecule has 0 saturated heterocycles. The average molecular weight is 446 g/mol. The molecule has 1 atom stereocenters. The third-order valence-electron chi connectivity index (χ3n) is 5.72. The number of anilines is 2. The van der Waals surface area contributed by atoms with Crippen molar-refractivity contribution < 1.29 is 19.5 Å². The Morgan fingerprint density at radius 2 is 1.42 bits per heavy atom. The van der Waals surface area contributed by atoms with Crippen molar-refractivity contribution in [2.24, 2.45) is 0 Å². The lowest BCUT2D eigenvalue weighted by atomic mass is 10.0. The Hall–Kier alpha value is -4.13. The summed E-state index contributed by atoms with van der Waals surface area (Å²) in [5.41, 5.74) is 5.77. The van der Waals surface area contributed by atoms with Crippen LogP contribution in [0.5, 0.6) is 0 Å². The van der Waals surface area contributed by atoms with Crippen LogP contribution < -0.4 is 10.6 Å². The molecule has 0 heterocycles. The molecule has 0 aromatic heterocycles. The highest BCUT2D eigenvalue weighted by Gasteiger charge is 2.22. The van der Waals surface area contributed by atoms with Gasteiger partial charge in [-0.2, -0.15) is 0 Å². The number of carboxylic acids is 1. The largest absolute Gasteiger partial charge is 0.480 e. The Kier molecular flexibility index (Phi) is 7.13. The first kappa shape index (κ1) is 23.5. The van der Waals surface area contributed by atoms with Gasteiger partial charge in [0.25, 0.3) is 5.91 Å². The Morgan fingerprint density at radius 1 is 0.848 bits per heavy atom. The molecular weight excluding hydrogens is 418 g/mol. The van der Waals surface area contributed by atoms with E-state index in [9.17, 15) is 14.4 Å². The first-order valence-corrected chi connectivity index (χ1v) is 10.5. The first-order chi connectivity index (χ1) is 15.7. The van der Waals surface area contributed by atoms with Gasteiger partial charge in [0.2, 0.25) is 0 Å². The zero-order valence-corrected chi connectivity index (χ0v) is 19.0. The number of carbonyl (C=O) groups is 3. The topological polar surface area (TPSA) is 98.7 Å². The number of likely N-dealkylation sites (N-methyl/N-ethyl adjacent to an activating group) is 1. The maximum atomic E-state index is 12.5. The number of rotatable bonds is 6. The second-order valence-electron chi connectivity index (χ2n) is 7.91. The fourth-order valence-electron chi connectivity index (χ4n) is 3.27. The van der Waals surface area contributed by atoms with E-state index < -0.39 is 12.0 Å². The number of nitrogens with one attached hydrogen (secondary N) is 2. The van der Waals surface area contributed by atoms with Crippen LogP contribution in [0.2, 0.25) is 0 Å². The van der Waals surface area contributed by atoms with E-state index in [2.05, 4.69) is 10.6 Å². The number of aryl methyl sites for hydroxylation is 1. The molecule has 0 fully saturated rings. The van der Waals surface area contributed by atoms with Crippen LogP contribution in [0.25, 0.3) is 11.1 Å². The van der Waals surface area contributed by atoms with Crippen LogP contribution in [0.15, 0.2) is 66.7 Å². The molecule has 3 aromatic carbocycles. The van der Waals surface area contributed by atoms with E-state index >= 15 is 0 Å². The molecule has 0 unspecified atom stereocenters. The third kappa shape index (κ3) is 5.57. The molecule has 7 heteroatoms. The summed E-state index contributed by atoms with van der Waals surface area (Å²) < 4.78 is 0. The van der Waals surface area contributed by atoms with E-state index in [-0.39, 0.29) is 11.9 Å². The quantitative estimate of drug-likeness (QED) is 0.488. The molecule has 0 bridgehead atoms. The van der Waals surface area contributed by atoms with Gasteiger partial charge < -0.3 is 20.6 Å². The molecule has 3 amide bonds. The van der Waals surface area contributed by atoms with Gasteiger partial charge in [0.1, 0.15) is 6.04 Å². The van der Waals surface area contributed by atoms with Crippen molar-refractivity contribution in [3.8, 4) is 11.1 Å². The number of hydrogen-bond donors (Lipinski definition) is 3. The van der Waals surface area contributed by atoms with Crippen molar-refractivity contribution in [2.75, 3.05) is 17.7 Å². The minimum atomic E-state index is -1.06. The van der Waals surface area contributed by atoms with Gasteiger partial charge in [-0.15, -0.1) is 0 Å². The molecule has 0 radical (unpaired) electrons. The fourth-order valence-corrected chi connectivity index (χ4v) is 3.27. The number of amides is 3. The highest BCUT2D eigenvalue weighted by Crippen LogP contribution is 2.23. The van der Waals surface area contributed by atoms with Crippen LogP contribution in [0.4, 0.5) is 16.2 Å². The molecule has 170 valence electrons. The van der Waals surface area contributed by atoms with E-state index in [4.69, 9.17) is 5.11 Å². The van der Waals surface area contributed by atoms with E-state index in [0.29, 0.717) is 11.3 Å². The Bertz CT molecular complexity index is 1170. The smallest absolute Gasteiger partial charge is 0.326 e. The molecule has 3 N–H and O–H groups in total. The highest BCUT2D eigenvalue weighted by molar-refractivity contribution is 6.00. The van der Waals surface area contributed by atoms with Crippen LogP contribution in [-0.4, -0.2) is 41.0 Å². The van der Waals surface area contributed by atoms with Crippen LogP contribution in [0.1, 0.15) is 28.4 Å². The molecule has 0 spiro atoms. The normalized spacial score (nSPS) is 11.4. The molecule has 0 aliphatic heterocycles. The summed E-state index contributed by atoms with van der Waals surface area (Å²) in [5, 5.41) is 14.8. The van der Waals surface area contributed by atoms with Crippen LogP contribution in [0, 0.1) is 13.8 Å². The minimum absolute atomic E-state index is 0.320. The molecule has 0 aliphatic rings. The Balaban J connectivity index is 1.65. The van der Waals surface area contributed by atoms with E-state index in [1.807, 2.05) is 56.3 Å². The third-order valence-corrected chi connectivity index (χ3v) is 5.72. The Morgan fingerprint density at radius 3 is 2.00 bits per heavy atom. The summed E-state index contributed by atoms with van der Waals surface area (Å²) in [6.45, 7) is 5.42. The summed E-state index contributed by atoms with van der Waals surface area (Å²) in [4.78, 5) is 37.1. The SMILES string of the molecule is Cc1cccc(NC(=O)Nc2ccc(-c3ccc(C(=O)N(C)[C@@H](C)C(=O)O)cc3)cc2)c1C. The maximum absolute atomic E-state index is 12.5. The first-order valence-electron chi connectivity index (χ1n) is 10.5. The number of aliphatic carboxylic acids is 1. The molecule has 33 heavy (non-hydrogen) atoms. The van der Waals surface area contributed by atoms with Crippen molar-refractivity contribution in [2.45, 2.75) is 26.8 Å². The number of urea groups is 1. The number of hydrogen-bond acceptors (Lipinski definition) is 3. The molecular formula is C26H27N3O4. The van der Waals surface area contributed by atoms with Crippen molar-refractivity contribution in [1.29, 1.82) is 0 Å². The minimum Gasteiger partial charge on any atom is -0.480 e. The number of benzene rings is 3. The van der Waals surface area contributed by atoms with Crippen molar-refractivity contribution in [1.82, 2.24) is 4.90 Å². The summed E-state index contributed by atoms with van der Waals surface area (Å²) in [6, 6.07) is 18.8. The van der Waals surface area contributed by atoms with Gasteiger partial charge >= 0.3 is 12.0 Å². The van der Waals surface area contributed by atoms with Crippen molar-refractivity contribution in [3.63, 3.8) is 0 Å². The Labute approximate surface area is 193 Å². The van der Waals surface area contributed by atoms with Crippen LogP contribution >= 0.6 is 0 Å². The summed E-state index contributed by atoms with van der Waals surface area (Å²) in [6.07, 6.45) is 0.